The third-order valence-electron chi connectivity index (χ3n) is 6.91. The van der Waals surface area contributed by atoms with Crippen molar-refractivity contribution >= 4 is 11.7 Å². The molecule has 0 heterocycles. The van der Waals surface area contributed by atoms with Crippen LogP contribution in [0.4, 0.5) is 10.5 Å². The number of benzene rings is 4. The summed E-state index contributed by atoms with van der Waals surface area (Å²) in [4.78, 5) is 15.5. The molecule has 0 aromatic heterocycles. The maximum Gasteiger partial charge on any atom is 0.322 e. The Kier molecular flexibility index (Phi) is 8.85. The topological polar surface area (TPSA) is 41.6 Å². The molecule has 0 atom stereocenters. The maximum atomic E-state index is 13.6. The summed E-state index contributed by atoms with van der Waals surface area (Å²) >= 11 is 0. The van der Waals surface area contributed by atoms with Crippen molar-refractivity contribution in [3.63, 3.8) is 0 Å². The lowest BCUT2D eigenvalue weighted by atomic mass is 9.86. The van der Waals surface area contributed by atoms with Gasteiger partial charge in [-0.15, -0.1) is 0 Å². The van der Waals surface area contributed by atoms with Gasteiger partial charge in [-0.05, 0) is 58.4 Å². The number of anilines is 1. The highest BCUT2D eigenvalue weighted by Gasteiger charge is 2.20. The summed E-state index contributed by atoms with van der Waals surface area (Å²) in [5, 5.41) is 3.08. The van der Waals surface area contributed by atoms with Crippen molar-refractivity contribution in [2.45, 2.75) is 45.1 Å². The predicted molar refractivity (Wildman–Crippen MR) is 157 cm³/mol. The van der Waals surface area contributed by atoms with Crippen molar-refractivity contribution in [2.75, 3.05) is 19.0 Å². The molecule has 0 spiro atoms. The molecule has 1 N–H and O–H groups in total. The fraction of sp³-hybridized carbons (Fsp3) is 0.265. The maximum absolute atomic E-state index is 13.6. The lowest BCUT2D eigenvalue weighted by molar-refractivity contribution is 0.207. The number of urea groups is 1. The van der Waals surface area contributed by atoms with Gasteiger partial charge in [0.05, 0.1) is 7.11 Å². The van der Waals surface area contributed by atoms with Gasteiger partial charge < -0.3 is 15.0 Å². The van der Waals surface area contributed by atoms with Gasteiger partial charge in [0.25, 0.3) is 0 Å². The first-order valence-electron chi connectivity index (χ1n) is 13.2. The Balaban J connectivity index is 1.57. The van der Waals surface area contributed by atoms with Gasteiger partial charge in [0.15, 0.2) is 0 Å². The SMILES string of the molecule is COc1ccc(NC(=O)N(CCC(c2ccccc2)c2ccccc2)Cc2ccc(C(C)(C)C)cc2)cc1. The predicted octanol–water partition coefficient (Wildman–Crippen LogP) is 8.25. The van der Waals surface area contributed by atoms with E-state index in [1.807, 2.05) is 41.3 Å². The van der Waals surface area contributed by atoms with Crippen LogP contribution in [0, 0.1) is 0 Å². The van der Waals surface area contributed by atoms with Gasteiger partial charge in [-0.2, -0.15) is 0 Å². The second-order valence-corrected chi connectivity index (χ2v) is 10.7. The van der Waals surface area contributed by atoms with Crippen LogP contribution in [0.1, 0.15) is 55.4 Å². The van der Waals surface area contributed by atoms with Gasteiger partial charge in [0.2, 0.25) is 0 Å². The van der Waals surface area contributed by atoms with E-state index in [2.05, 4.69) is 98.9 Å². The molecule has 4 nitrogen and oxygen atoms in total. The molecule has 196 valence electrons. The average Bonchev–Trinajstić information content (AvgIpc) is 2.94. The first-order valence-corrected chi connectivity index (χ1v) is 13.2. The summed E-state index contributed by atoms with van der Waals surface area (Å²) in [6, 6.07) is 37.0. The van der Waals surface area contributed by atoms with Crippen LogP contribution >= 0.6 is 0 Å². The molecule has 2 amide bonds. The van der Waals surface area contributed by atoms with Gasteiger partial charge in [-0.25, -0.2) is 4.79 Å². The Morgan fingerprint density at radius 1 is 0.789 bits per heavy atom. The molecule has 0 saturated heterocycles. The Morgan fingerprint density at radius 3 is 1.84 bits per heavy atom. The van der Waals surface area contributed by atoms with Crippen LogP contribution in [-0.4, -0.2) is 24.6 Å². The number of carbonyl (C=O) groups excluding carboxylic acids is 1. The van der Waals surface area contributed by atoms with Crippen LogP contribution < -0.4 is 10.1 Å². The first kappa shape index (κ1) is 27.0. The number of hydrogen-bond donors (Lipinski definition) is 1. The Bertz CT molecular complexity index is 1240. The van der Waals surface area contributed by atoms with E-state index in [9.17, 15) is 4.79 Å². The Hall–Kier alpha value is -4.05. The molecule has 0 aliphatic rings. The molecule has 0 radical (unpaired) electrons. The highest BCUT2D eigenvalue weighted by molar-refractivity contribution is 5.89. The summed E-state index contributed by atoms with van der Waals surface area (Å²) in [6.45, 7) is 7.78. The third-order valence-corrected chi connectivity index (χ3v) is 6.91. The molecule has 0 aliphatic heterocycles. The minimum absolute atomic E-state index is 0.0859. The highest BCUT2D eigenvalue weighted by Crippen LogP contribution is 2.29. The fourth-order valence-corrected chi connectivity index (χ4v) is 4.64. The molecule has 0 unspecified atom stereocenters. The number of rotatable bonds is 9. The molecule has 0 aliphatic carbocycles. The van der Waals surface area contributed by atoms with Crippen LogP contribution in [0.5, 0.6) is 5.75 Å². The zero-order valence-electron chi connectivity index (χ0n) is 22.9. The monoisotopic (exact) mass is 506 g/mol. The highest BCUT2D eigenvalue weighted by atomic mass is 16.5. The number of carbonyl (C=O) groups is 1. The van der Waals surface area contributed by atoms with Crippen molar-refractivity contribution in [1.29, 1.82) is 0 Å². The van der Waals surface area contributed by atoms with Crippen molar-refractivity contribution in [3.05, 3.63) is 131 Å². The molecule has 0 saturated carbocycles. The third kappa shape index (κ3) is 7.25. The zero-order chi connectivity index (χ0) is 27.0. The lowest BCUT2D eigenvalue weighted by Crippen LogP contribution is -2.36. The number of nitrogens with zero attached hydrogens (tertiary/aromatic N) is 1. The van der Waals surface area contributed by atoms with Crippen LogP contribution in [0.15, 0.2) is 109 Å². The molecule has 4 heteroatoms. The van der Waals surface area contributed by atoms with Crippen LogP contribution in [0.25, 0.3) is 0 Å². The van der Waals surface area contributed by atoms with E-state index in [0.717, 1.165) is 23.4 Å². The lowest BCUT2D eigenvalue weighted by Gasteiger charge is -2.27. The zero-order valence-corrected chi connectivity index (χ0v) is 22.9. The Labute approximate surface area is 227 Å². The standard InChI is InChI=1S/C34H38N2O2/c1-34(2,3)29-17-15-26(16-18-29)25-36(33(37)35-30-19-21-31(38-4)22-20-30)24-23-32(27-11-7-5-8-12-27)28-13-9-6-10-14-28/h5-22,32H,23-25H2,1-4H3,(H,35,37). The van der Waals surface area contributed by atoms with Gasteiger partial charge in [0, 0.05) is 24.7 Å². The van der Waals surface area contributed by atoms with Crippen LogP contribution in [-0.2, 0) is 12.0 Å². The van der Waals surface area contributed by atoms with Crippen molar-refractivity contribution < 1.29 is 9.53 Å². The normalized spacial score (nSPS) is 11.3. The van der Waals surface area contributed by atoms with Gasteiger partial charge in [0.1, 0.15) is 5.75 Å². The molecule has 4 rings (SSSR count). The molecule has 38 heavy (non-hydrogen) atoms. The minimum Gasteiger partial charge on any atom is -0.497 e. The van der Waals surface area contributed by atoms with Gasteiger partial charge in [-0.3, -0.25) is 0 Å². The molecular weight excluding hydrogens is 468 g/mol. The van der Waals surface area contributed by atoms with E-state index in [-0.39, 0.29) is 17.4 Å². The largest absolute Gasteiger partial charge is 0.497 e. The number of methoxy groups -OCH3 is 1. The van der Waals surface area contributed by atoms with E-state index in [4.69, 9.17) is 4.74 Å². The van der Waals surface area contributed by atoms with Crippen LogP contribution in [0.3, 0.4) is 0 Å². The second kappa shape index (κ2) is 12.5. The first-order chi connectivity index (χ1) is 18.3. The van der Waals surface area contributed by atoms with E-state index in [1.165, 1.54) is 16.7 Å². The summed E-state index contributed by atoms with van der Waals surface area (Å²) in [6.07, 6.45) is 0.810. The second-order valence-electron chi connectivity index (χ2n) is 10.7. The number of hydrogen-bond acceptors (Lipinski definition) is 2. The number of amides is 2. The van der Waals surface area contributed by atoms with Gasteiger partial charge >= 0.3 is 6.03 Å². The quantitative estimate of drug-likeness (QED) is 0.248. The van der Waals surface area contributed by atoms with E-state index >= 15 is 0 Å². The number of nitrogens with one attached hydrogen (secondary N) is 1. The van der Waals surface area contributed by atoms with Crippen molar-refractivity contribution in [3.8, 4) is 5.75 Å². The summed E-state index contributed by atoms with van der Waals surface area (Å²) < 4.78 is 5.26. The van der Waals surface area contributed by atoms with Crippen molar-refractivity contribution in [1.82, 2.24) is 4.90 Å². The summed E-state index contributed by atoms with van der Waals surface area (Å²) in [5.41, 5.74) is 5.73. The van der Waals surface area contributed by atoms with E-state index < -0.39 is 0 Å². The van der Waals surface area contributed by atoms with E-state index in [0.29, 0.717) is 13.1 Å². The van der Waals surface area contributed by atoms with Crippen LogP contribution in [0.2, 0.25) is 0 Å². The Morgan fingerprint density at radius 2 is 1.34 bits per heavy atom. The molecule has 4 aromatic rings. The molecule has 0 fully saturated rings. The minimum atomic E-state index is -0.116. The van der Waals surface area contributed by atoms with Gasteiger partial charge in [-0.1, -0.05) is 106 Å². The smallest absolute Gasteiger partial charge is 0.322 e. The average molecular weight is 507 g/mol. The van der Waals surface area contributed by atoms with E-state index in [1.54, 1.807) is 7.11 Å². The fourth-order valence-electron chi connectivity index (χ4n) is 4.64. The molecular formula is C34H38N2O2. The number of ether oxygens (including phenoxy) is 1. The molecule has 4 aromatic carbocycles. The summed E-state index contributed by atoms with van der Waals surface area (Å²) in [5.74, 6) is 0.948. The molecule has 0 bridgehead atoms. The summed E-state index contributed by atoms with van der Waals surface area (Å²) in [7, 11) is 1.64. The van der Waals surface area contributed by atoms with Crippen molar-refractivity contribution in [2.24, 2.45) is 0 Å².